The molecule has 0 aliphatic rings. The van der Waals surface area contributed by atoms with Crippen LogP contribution in [0.1, 0.15) is 18.1 Å². The molecule has 3 aromatic carbocycles. The lowest BCUT2D eigenvalue weighted by Gasteiger charge is -2.33. The summed E-state index contributed by atoms with van der Waals surface area (Å²) in [6.45, 7) is 1.75. The highest BCUT2D eigenvalue weighted by molar-refractivity contribution is 7.92. The van der Waals surface area contributed by atoms with Crippen molar-refractivity contribution in [3.63, 3.8) is 0 Å². The first-order valence-electron chi connectivity index (χ1n) is 12.1. The van der Waals surface area contributed by atoms with E-state index in [2.05, 4.69) is 5.32 Å². The number of carbonyl (C=O) groups is 2. The van der Waals surface area contributed by atoms with E-state index in [4.69, 9.17) is 16.3 Å². The van der Waals surface area contributed by atoms with Crippen LogP contribution in [0.5, 0.6) is 5.75 Å². The highest BCUT2D eigenvalue weighted by Gasteiger charge is 2.32. The van der Waals surface area contributed by atoms with Gasteiger partial charge in [0, 0.05) is 24.5 Å². The molecular weight excluding hydrogens is 526 g/mol. The number of amides is 2. The van der Waals surface area contributed by atoms with Crippen molar-refractivity contribution >= 4 is 39.1 Å². The summed E-state index contributed by atoms with van der Waals surface area (Å²) in [5, 5.41) is 3.31. The number of likely N-dealkylation sites (N-methyl/N-ethyl adjacent to an activating group) is 1. The van der Waals surface area contributed by atoms with Gasteiger partial charge >= 0.3 is 0 Å². The van der Waals surface area contributed by atoms with E-state index in [-0.39, 0.29) is 18.9 Å². The van der Waals surface area contributed by atoms with Crippen molar-refractivity contribution in [1.82, 2.24) is 10.2 Å². The summed E-state index contributed by atoms with van der Waals surface area (Å²) >= 11 is 6.20. The Labute approximate surface area is 229 Å². The van der Waals surface area contributed by atoms with E-state index < -0.39 is 28.5 Å². The number of rotatable bonds is 12. The van der Waals surface area contributed by atoms with Crippen molar-refractivity contribution in [3.05, 3.63) is 95.0 Å². The number of nitrogens with zero attached hydrogens (tertiary/aromatic N) is 2. The molecule has 0 spiro atoms. The predicted octanol–water partition coefficient (Wildman–Crippen LogP) is 3.89. The van der Waals surface area contributed by atoms with Gasteiger partial charge < -0.3 is 15.0 Å². The minimum Gasteiger partial charge on any atom is -0.497 e. The van der Waals surface area contributed by atoms with E-state index in [1.165, 1.54) is 12.0 Å². The van der Waals surface area contributed by atoms with Crippen LogP contribution in [0.25, 0.3) is 0 Å². The highest BCUT2D eigenvalue weighted by Crippen LogP contribution is 2.23. The molecule has 38 heavy (non-hydrogen) atoms. The molecule has 8 nitrogen and oxygen atoms in total. The summed E-state index contributed by atoms with van der Waals surface area (Å²) in [4.78, 5) is 28.6. The van der Waals surface area contributed by atoms with E-state index >= 15 is 0 Å². The van der Waals surface area contributed by atoms with Gasteiger partial charge in [0.25, 0.3) is 0 Å². The van der Waals surface area contributed by atoms with Crippen molar-refractivity contribution in [2.24, 2.45) is 0 Å². The third-order valence-corrected chi connectivity index (χ3v) is 7.28. The first-order valence-corrected chi connectivity index (χ1v) is 14.3. The third kappa shape index (κ3) is 7.97. The lowest BCUT2D eigenvalue weighted by Crippen LogP contribution is -2.53. The first-order chi connectivity index (χ1) is 18.1. The second kappa shape index (κ2) is 13.3. The number of anilines is 1. The maximum absolute atomic E-state index is 13.9. The molecule has 1 unspecified atom stereocenters. The van der Waals surface area contributed by atoms with Gasteiger partial charge in [-0.1, -0.05) is 54.1 Å². The Bertz CT molecular complexity index is 1330. The Morgan fingerprint density at radius 1 is 0.974 bits per heavy atom. The number of methoxy groups -OCH3 is 1. The van der Waals surface area contributed by atoms with Gasteiger partial charge in [0.1, 0.15) is 18.3 Å². The number of ether oxygens (including phenoxy) is 1. The monoisotopic (exact) mass is 557 g/mol. The van der Waals surface area contributed by atoms with Crippen molar-refractivity contribution in [2.45, 2.75) is 25.9 Å². The van der Waals surface area contributed by atoms with Gasteiger partial charge in [-0.2, -0.15) is 0 Å². The minimum absolute atomic E-state index is 0.0637. The molecule has 202 valence electrons. The normalized spacial score (nSPS) is 11.9. The van der Waals surface area contributed by atoms with Crippen LogP contribution in [0.4, 0.5) is 5.69 Å². The predicted molar refractivity (Wildman–Crippen MR) is 150 cm³/mol. The highest BCUT2D eigenvalue weighted by atomic mass is 35.5. The molecule has 3 aromatic rings. The largest absolute Gasteiger partial charge is 0.497 e. The van der Waals surface area contributed by atoms with Gasteiger partial charge in [-0.25, -0.2) is 8.42 Å². The van der Waals surface area contributed by atoms with E-state index in [9.17, 15) is 18.0 Å². The van der Waals surface area contributed by atoms with E-state index in [0.717, 1.165) is 16.1 Å². The van der Waals surface area contributed by atoms with Crippen LogP contribution in [0.3, 0.4) is 0 Å². The Kier molecular flexibility index (Phi) is 10.2. The molecule has 0 aromatic heterocycles. The average molecular weight is 558 g/mol. The summed E-state index contributed by atoms with van der Waals surface area (Å²) < 4.78 is 31.7. The quantitative estimate of drug-likeness (QED) is 0.364. The SMILES string of the molecule is CCNC(=O)C(Cc1ccccc1)N(Cc1cccc(Cl)c1)C(=O)CN(c1ccc(OC)cc1)S(C)(=O)=O. The van der Waals surface area contributed by atoms with Crippen molar-refractivity contribution < 1.29 is 22.7 Å². The van der Waals surface area contributed by atoms with E-state index in [1.807, 2.05) is 30.3 Å². The van der Waals surface area contributed by atoms with Crippen LogP contribution >= 0.6 is 11.6 Å². The zero-order chi connectivity index (χ0) is 27.7. The van der Waals surface area contributed by atoms with Gasteiger partial charge in [0.15, 0.2) is 0 Å². The zero-order valence-electron chi connectivity index (χ0n) is 21.6. The second-order valence-corrected chi connectivity index (χ2v) is 11.1. The second-order valence-electron chi connectivity index (χ2n) is 8.72. The topological polar surface area (TPSA) is 96.0 Å². The Morgan fingerprint density at radius 3 is 2.21 bits per heavy atom. The molecule has 0 bridgehead atoms. The summed E-state index contributed by atoms with van der Waals surface area (Å²) in [7, 11) is -2.33. The fourth-order valence-electron chi connectivity index (χ4n) is 4.04. The maximum atomic E-state index is 13.9. The lowest BCUT2D eigenvalue weighted by molar-refractivity contribution is -0.140. The minimum atomic E-state index is -3.84. The van der Waals surface area contributed by atoms with Gasteiger partial charge in [-0.15, -0.1) is 0 Å². The number of halogens is 1. The van der Waals surface area contributed by atoms with E-state index in [1.54, 1.807) is 55.5 Å². The third-order valence-electron chi connectivity index (χ3n) is 5.90. The number of benzene rings is 3. The molecule has 0 aliphatic carbocycles. The summed E-state index contributed by atoms with van der Waals surface area (Å²) in [5.41, 5.74) is 1.88. The molecule has 2 amide bonds. The standard InChI is InChI=1S/C28H32ClN3O5S/c1-4-30-28(34)26(18-21-9-6-5-7-10-21)31(19-22-11-8-12-23(29)17-22)27(33)20-32(38(3,35)36)24-13-15-25(37-2)16-14-24/h5-17,26H,4,18-20H2,1-3H3,(H,30,34). The Balaban J connectivity index is 2.02. The molecule has 0 fully saturated rings. The van der Waals surface area contributed by atoms with Crippen molar-refractivity contribution in [1.29, 1.82) is 0 Å². The summed E-state index contributed by atoms with van der Waals surface area (Å²) in [6.07, 6.45) is 1.29. The fourth-order valence-corrected chi connectivity index (χ4v) is 5.10. The molecule has 10 heteroatoms. The lowest BCUT2D eigenvalue weighted by atomic mass is 10.0. The van der Waals surface area contributed by atoms with Gasteiger partial charge in [0.05, 0.1) is 19.1 Å². The van der Waals surface area contributed by atoms with Crippen LogP contribution in [0.15, 0.2) is 78.9 Å². The summed E-state index contributed by atoms with van der Waals surface area (Å²) in [6, 6.07) is 21.9. The van der Waals surface area contributed by atoms with Crippen LogP contribution in [-0.2, 0) is 32.6 Å². The first kappa shape index (κ1) is 29.0. The molecule has 1 atom stereocenters. The average Bonchev–Trinajstić information content (AvgIpc) is 2.89. The number of hydrogen-bond acceptors (Lipinski definition) is 5. The number of carbonyl (C=O) groups excluding carboxylic acids is 2. The molecular formula is C28H32ClN3O5S. The fraction of sp³-hybridized carbons (Fsp3) is 0.286. The molecule has 1 N–H and O–H groups in total. The van der Waals surface area contributed by atoms with E-state index in [0.29, 0.717) is 28.6 Å². The van der Waals surface area contributed by atoms with Crippen LogP contribution in [-0.4, -0.2) is 57.6 Å². The maximum Gasteiger partial charge on any atom is 0.244 e. The van der Waals surface area contributed by atoms with Crippen molar-refractivity contribution in [2.75, 3.05) is 30.8 Å². The van der Waals surface area contributed by atoms with Gasteiger partial charge in [0.2, 0.25) is 21.8 Å². The molecule has 0 saturated heterocycles. The van der Waals surface area contributed by atoms with Crippen LogP contribution in [0, 0.1) is 0 Å². The zero-order valence-corrected chi connectivity index (χ0v) is 23.2. The van der Waals surface area contributed by atoms with Crippen LogP contribution < -0.4 is 14.4 Å². The van der Waals surface area contributed by atoms with Crippen LogP contribution in [0.2, 0.25) is 5.02 Å². The smallest absolute Gasteiger partial charge is 0.244 e. The molecule has 0 aliphatic heterocycles. The Hall–Kier alpha value is -3.56. The molecule has 0 heterocycles. The molecule has 0 saturated carbocycles. The Morgan fingerprint density at radius 2 is 1.63 bits per heavy atom. The number of sulfonamides is 1. The summed E-state index contributed by atoms with van der Waals surface area (Å²) in [5.74, 6) is -0.309. The molecule has 0 radical (unpaired) electrons. The number of hydrogen-bond donors (Lipinski definition) is 1. The molecule has 3 rings (SSSR count). The van der Waals surface area contributed by atoms with Gasteiger partial charge in [-0.05, 0) is 54.4 Å². The van der Waals surface area contributed by atoms with Crippen molar-refractivity contribution in [3.8, 4) is 5.75 Å². The number of nitrogens with one attached hydrogen (secondary N) is 1. The van der Waals surface area contributed by atoms with Gasteiger partial charge in [-0.3, -0.25) is 13.9 Å².